The molecule has 2 amide bonds. The number of halogens is 5. The van der Waals surface area contributed by atoms with E-state index in [1.807, 2.05) is 12.1 Å². The van der Waals surface area contributed by atoms with Crippen molar-refractivity contribution in [3.8, 4) is 0 Å². The minimum atomic E-state index is -4.63. The van der Waals surface area contributed by atoms with Crippen molar-refractivity contribution in [2.45, 2.75) is 70.6 Å². The van der Waals surface area contributed by atoms with E-state index in [-0.39, 0.29) is 35.3 Å². The highest BCUT2D eigenvalue weighted by Gasteiger charge is 2.44. The van der Waals surface area contributed by atoms with Gasteiger partial charge in [-0.05, 0) is 97.3 Å². The highest BCUT2D eigenvalue weighted by Crippen LogP contribution is 2.45. The molecule has 250 valence electrons. The Labute approximate surface area is 276 Å². The number of carbonyl (C=O) groups is 2. The lowest BCUT2D eigenvalue weighted by molar-refractivity contribution is -0.138. The van der Waals surface area contributed by atoms with E-state index in [2.05, 4.69) is 10.6 Å². The van der Waals surface area contributed by atoms with Gasteiger partial charge in [0, 0.05) is 17.4 Å². The van der Waals surface area contributed by atoms with Crippen LogP contribution in [0.4, 0.5) is 39.0 Å². The second-order valence-corrected chi connectivity index (χ2v) is 12.6. The molecule has 0 aromatic heterocycles. The van der Waals surface area contributed by atoms with Crippen molar-refractivity contribution in [1.29, 1.82) is 0 Å². The Bertz CT molecular complexity index is 1810. The zero-order valence-electron chi connectivity index (χ0n) is 26.6. The zero-order chi connectivity index (χ0) is 34.2. The van der Waals surface area contributed by atoms with E-state index in [4.69, 9.17) is 0 Å². The largest absolute Gasteiger partial charge is 0.416 e. The van der Waals surface area contributed by atoms with Crippen LogP contribution in [0.5, 0.6) is 0 Å². The number of hydrogen-bond donors (Lipinski definition) is 2. The molecule has 0 spiro atoms. The first-order valence-corrected chi connectivity index (χ1v) is 16.2. The molecule has 2 atom stereocenters. The summed E-state index contributed by atoms with van der Waals surface area (Å²) >= 11 is 0. The van der Waals surface area contributed by atoms with Crippen molar-refractivity contribution in [3.63, 3.8) is 0 Å². The van der Waals surface area contributed by atoms with Crippen molar-refractivity contribution < 1.29 is 31.5 Å². The van der Waals surface area contributed by atoms with Crippen molar-refractivity contribution in [1.82, 2.24) is 0 Å². The predicted octanol–water partition coefficient (Wildman–Crippen LogP) is 9.41. The van der Waals surface area contributed by atoms with E-state index in [0.717, 1.165) is 43.5 Å². The summed E-state index contributed by atoms with van der Waals surface area (Å²) in [6.45, 7) is 3.21. The van der Waals surface area contributed by atoms with Gasteiger partial charge in [0.15, 0.2) is 0 Å². The number of anilines is 3. The molecular formula is C38H36F5N3O2. The van der Waals surface area contributed by atoms with Gasteiger partial charge in [-0.25, -0.2) is 8.78 Å². The molecule has 1 heterocycles. The lowest BCUT2D eigenvalue weighted by Gasteiger charge is -2.42. The second-order valence-electron chi connectivity index (χ2n) is 12.6. The maximum Gasteiger partial charge on any atom is 0.416 e. The number of nitrogens with one attached hydrogen (secondary N) is 2. The van der Waals surface area contributed by atoms with E-state index in [0.29, 0.717) is 22.7 Å². The van der Waals surface area contributed by atoms with Crippen LogP contribution in [0.1, 0.15) is 76.8 Å². The van der Waals surface area contributed by atoms with Gasteiger partial charge in [-0.2, -0.15) is 13.2 Å². The van der Waals surface area contributed by atoms with Crippen molar-refractivity contribution in [3.05, 3.63) is 124 Å². The topological polar surface area (TPSA) is 61.4 Å². The first kappa shape index (κ1) is 33.2. The first-order valence-electron chi connectivity index (χ1n) is 16.2. The lowest BCUT2D eigenvalue weighted by atomic mass is 9.80. The van der Waals surface area contributed by atoms with Gasteiger partial charge in [0.05, 0.1) is 28.8 Å². The molecule has 1 aliphatic heterocycles. The summed E-state index contributed by atoms with van der Waals surface area (Å²) in [5, 5.41) is 6.17. The summed E-state index contributed by atoms with van der Waals surface area (Å²) in [6.07, 6.45) is -0.0429. The van der Waals surface area contributed by atoms with E-state index in [9.17, 15) is 27.2 Å². The average Bonchev–Trinajstić information content (AvgIpc) is 3.57. The van der Waals surface area contributed by atoms with E-state index in [1.165, 1.54) is 41.3 Å². The maximum absolute atomic E-state index is 15.3. The van der Waals surface area contributed by atoms with Gasteiger partial charge in [-0.1, -0.05) is 56.2 Å². The summed E-state index contributed by atoms with van der Waals surface area (Å²) in [5.74, 6) is -3.82. The van der Waals surface area contributed by atoms with Gasteiger partial charge in [0.25, 0.3) is 5.91 Å². The van der Waals surface area contributed by atoms with Crippen LogP contribution in [0.3, 0.4) is 0 Å². The molecule has 6 rings (SSSR count). The summed E-state index contributed by atoms with van der Waals surface area (Å²) < 4.78 is 71.8. The molecule has 0 radical (unpaired) electrons. The minimum Gasteiger partial charge on any atom is -0.382 e. The quantitative estimate of drug-likeness (QED) is 0.194. The maximum atomic E-state index is 15.3. The number of rotatable bonds is 7. The SMILES string of the molecule is CCc1ccc(NC(=O)[C@H]2Cc3ccc(F)cc3N(C(=O)c3c(C)cccc3F)C2c2ccc(NC3CCCC3)cc2)cc1C(F)(F)F. The predicted molar refractivity (Wildman–Crippen MR) is 176 cm³/mol. The van der Waals surface area contributed by atoms with E-state index in [1.54, 1.807) is 32.0 Å². The van der Waals surface area contributed by atoms with Gasteiger partial charge < -0.3 is 10.6 Å². The molecule has 5 nitrogen and oxygen atoms in total. The van der Waals surface area contributed by atoms with Crippen LogP contribution < -0.4 is 15.5 Å². The summed E-state index contributed by atoms with van der Waals surface area (Å²) in [4.78, 5) is 29.9. The standard InChI is InChI=1S/C38H36F5N3O2/c1-3-23-12-18-29(21-31(23)38(41,42)43)45-36(47)30-19-25-11-15-26(39)20-33(25)46(37(48)34-22(2)7-6-10-32(34)40)35(30)24-13-16-28(17-14-24)44-27-8-4-5-9-27/h6-7,10-18,20-21,27,30,35,44H,3-5,8-9,19H2,1-2H3,(H,45,47)/t30-,35?/m0/s1. The molecule has 48 heavy (non-hydrogen) atoms. The second kappa shape index (κ2) is 13.4. The van der Waals surface area contributed by atoms with Gasteiger partial charge in [-0.3, -0.25) is 14.5 Å². The Kier molecular flexibility index (Phi) is 9.27. The smallest absolute Gasteiger partial charge is 0.382 e. The van der Waals surface area contributed by atoms with Crippen molar-refractivity contribution in [2.75, 3.05) is 15.5 Å². The van der Waals surface area contributed by atoms with Gasteiger partial charge in [0.1, 0.15) is 11.6 Å². The fourth-order valence-electron chi connectivity index (χ4n) is 7.03. The third-order valence-electron chi connectivity index (χ3n) is 9.44. The molecule has 2 aliphatic rings. The molecular weight excluding hydrogens is 625 g/mol. The fourth-order valence-corrected chi connectivity index (χ4v) is 7.03. The monoisotopic (exact) mass is 661 g/mol. The lowest BCUT2D eigenvalue weighted by Crippen LogP contribution is -2.47. The summed E-state index contributed by atoms with van der Waals surface area (Å²) in [7, 11) is 0. The molecule has 1 unspecified atom stereocenters. The number of alkyl halides is 3. The number of hydrogen-bond acceptors (Lipinski definition) is 3. The van der Waals surface area contributed by atoms with Crippen LogP contribution in [0.2, 0.25) is 0 Å². The Morgan fingerprint density at radius 1 is 0.896 bits per heavy atom. The minimum absolute atomic E-state index is 0.0490. The number of amides is 2. The molecule has 10 heteroatoms. The Balaban J connectivity index is 1.46. The third kappa shape index (κ3) is 6.66. The zero-order valence-corrected chi connectivity index (χ0v) is 26.6. The summed E-state index contributed by atoms with van der Waals surface area (Å²) in [6, 6.07) is 18.3. The molecule has 1 aliphatic carbocycles. The average molecular weight is 662 g/mol. The molecule has 0 saturated heterocycles. The molecule has 4 aromatic carbocycles. The molecule has 0 bridgehead atoms. The normalized spacial score (nSPS) is 18.0. The Morgan fingerprint density at radius 3 is 2.27 bits per heavy atom. The van der Waals surface area contributed by atoms with Gasteiger partial charge in [0.2, 0.25) is 5.91 Å². The van der Waals surface area contributed by atoms with Crippen molar-refractivity contribution in [2.24, 2.45) is 5.92 Å². The summed E-state index contributed by atoms with van der Waals surface area (Å²) in [5.41, 5.74) is 1.37. The van der Waals surface area contributed by atoms with Gasteiger partial charge >= 0.3 is 6.18 Å². The Morgan fingerprint density at radius 2 is 1.60 bits per heavy atom. The van der Waals surface area contributed by atoms with Crippen LogP contribution in [0.15, 0.2) is 78.9 Å². The number of benzene rings is 4. The van der Waals surface area contributed by atoms with Crippen LogP contribution >= 0.6 is 0 Å². The molecule has 1 saturated carbocycles. The van der Waals surface area contributed by atoms with Crippen LogP contribution in [0, 0.1) is 24.5 Å². The number of carbonyl (C=O) groups excluding carboxylic acids is 2. The molecule has 4 aromatic rings. The Hall–Kier alpha value is -4.73. The fraction of sp³-hybridized carbons (Fsp3) is 0.316. The number of fused-ring (bicyclic) bond motifs is 1. The van der Waals surface area contributed by atoms with Crippen LogP contribution in [-0.2, 0) is 23.8 Å². The number of nitrogens with zero attached hydrogens (tertiary/aromatic N) is 1. The highest BCUT2D eigenvalue weighted by molar-refractivity contribution is 6.09. The molecule has 2 N–H and O–H groups in total. The van der Waals surface area contributed by atoms with Crippen LogP contribution in [0.25, 0.3) is 0 Å². The van der Waals surface area contributed by atoms with Crippen LogP contribution in [-0.4, -0.2) is 17.9 Å². The third-order valence-corrected chi connectivity index (χ3v) is 9.44. The first-order chi connectivity index (χ1) is 22.9. The van der Waals surface area contributed by atoms with E-state index >= 15 is 4.39 Å². The van der Waals surface area contributed by atoms with Gasteiger partial charge in [-0.15, -0.1) is 0 Å². The highest BCUT2D eigenvalue weighted by atomic mass is 19.4. The van der Waals surface area contributed by atoms with E-state index < -0.39 is 47.1 Å². The number of aryl methyl sites for hydroxylation is 2. The molecule has 1 fully saturated rings. The van der Waals surface area contributed by atoms with Crippen molar-refractivity contribution >= 4 is 28.9 Å².